The van der Waals surface area contributed by atoms with Crippen LogP contribution in [0.1, 0.15) is 0 Å². The molecule has 0 aliphatic carbocycles. The molecular weight excluding hydrogens is 417 g/mol. The number of rotatable bonds is 1. The van der Waals surface area contributed by atoms with E-state index in [4.69, 9.17) is 0 Å². The molecule has 4 heteroatoms. The Labute approximate surface area is 180 Å². The maximum absolute atomic E-state index is 2.43. The van der Waals surface area contributed by atoms with Crippen molar-refractivity contribution in [3.05, 3.63) is 91.0 Å². The third kappa shape index (κ3) is 2.82. The fraction of sp³-hybridized carbons (Fsp3) is 0. The first-order valence-electron chi connectivity index (χ1n) is 9.06. The van der Waals surface area contributed by atoms with Gasteiger partial charge in [0.2, 0.25) is 0 Å². The topological polar surface area (TPSA) is 0 Å². The highest BCUT2D eigenvalue weighted by atomic mass is 32.2. The molecule has 134 valence electrons. The van der Waals surface area contributed by atoms with Gasteiger partial charge in [-0.2, -0.15) is 0 Å². The summed E-state index contributed by atoms with van der Waals surface area (Å²) in [6.45, 7) is 0. The van der Waals surface area contributed by atoms with Crippen LogP contribution in [-0.2, 0) is 10.9 Å². The second-order valence-corrected chi connectivity index (χ2v) is 11.8. The minimum absolute atomic E-state index is 0.0572. The Morgan fingerprint density at radius 2 is 0.893 bits per heavy atom. The molecule has 2 aliphatic rings. The first-order valence-corrected chi connectivity index (χ1v) is 12.7. The predicted molar refractivity (Wildman–Crippen MR) is 120 cm³/mol. The van der Waals surface area contributed by atoms with Gasteiger partial charge in [0.25, 0.3) is 0 Å². The van der Waals surface area contributed by atoms with E-state index < -0.39 is 0 Å². The van der Waals surface area contributed by atoms with Gasteiger partial charge < -0.3 is 0 Å². The average molecular weight is 432 g/mol. The van der Waals surface area contributed by atoms with Gasteiger partial charge in [-0.05, 0) is 48.5 Å². The largest absolute Gasteiger partial charge is 0.180 e. The summed E-state index contributed by atoms with van der Waals surface area (Å²) < 4.78 is 0. The van der Waals surface area contributed by atoms with Crippen molar-refractivity contribution in [1.29, 1.82) is 0 Å². The van der Waals surface area contributed by atoms with E-state index in [9.17, 15) is 0 Å². The zero-order valence-corrected chi connectivity index (χ0v) is 18.1. The zero-order valence-electron chi connectivity index (χ0n) is 14.8. The number of hydrogen-bond donors (Lipinski definition) is 0. The molecule has 4 aromatic carbocycles. The third-order valence-electron chi connectivity index (χ3n) is 4.80. The first-order chi connectivity index (χ1) is 13.9. The quantitative estimate of drug-likeness (QED) is 0.243. The normalized spacial score (nSPS) is 14.6. The van der Waals surface area contributed by atoms with Crippen molar-refractivity contribution < 1.29 is 0 Å². The molecule has 0 nitrogen and oxygen atoms in total. The summed E-state index contributed by atoms with van der Waals surface area (Å²) in [6.07, 6.45) is 0. The Morgan fingerprint density at radius 3 is 1.54 bits per heavy atom. The van der Waals surface area contributed by atoms with Crippen molar-refractivity contribution in [2.45, 2.75) is 44.1 Å². The smallest absolute Gasteiger partial charge is 0.0877 e. The Hall–Kier alpha value is -1.72. The summed E-state index contributed by atoms with van der Waals surface area (Å²) in [6, 6.07) is 33.6. The van der Waals surface area contributed by atoms with Crippen LogP contribution < -0.4 is 0 Å². The molecule has 6 rings (SSSR count). The van der Waals surface area contributed by atoms with E-state index in [-0.39, 0.29) is 10.9 Å². The van der Waals surface area contributed by atoms with Crippen molar-refractivity contribution in [1.82, 2.24) is 0 Å². The number of benzene rings is 4. The molecule has 0 N–H and O–H groups in total. The van der Waals surface area contributed by atoms with Gasteiger partial charge in [0, 0.05) is 25.6 Å². The van der Waals surface area contributed by atoms with E-state index in [1.807, 2.05) is 35.3 Å². The molecule has 2 heterocycles. The zero-order chi connectivity index (χ0) is 18.5. The minimum atomic E-state index is -0.0572. The maximum atomic E-state index is 2.43. The predicted octanol–water partition coefficient (Wildman–Crippen LogP) is 7.86. The van der Waals surface area contributed by atoms with Gasteiger partial charge in [0.15, 0.2) is 14.7 Å². The molecule has 0 saturated carbocycles. The van der Waals surface area contributed by atoms with Crippen molar-refractivity contribution in [2.24, 2.45) is 0 Å². The third-order valence-corrected chi connectivity index (χ3v) is 11.1. The monoisotopic (exact) mass is 431 g/mol. The maximum Gasteiger partial charge on any atom is 0.180 e. The van der Waals surface area contributed by atoms with E-state index >= 15 is 0 Å². The van der Waals surface area contributed by atoms with Crippen LogP contribution in [0.25, 0.3) is 0 Å². The Balaban J connectivity index is 1.50. The molecule has 4 aromatic rings. The van der Waals surface area contributed by atoms with Crippen LogP contribution in [0.15, 0.2) is 135 Å². The fourth-order valence-electron chi connectivity index (χ4n) is 3.53. The fourth-order valence-corrected chi connectivity index (χ4v) is 9.63. The highest BCUT2D eigenvalue weighted by Gasteiger charge is 2.38. The van der Waals surface area contributed by atoms with Gasteiger partial charge in [-0.15, -0.1) is 0 Å². The molecule has 0 unspecified atom stereocenters. The standard InChI is InChI=1S/C24H15S4/c1-2-8-18-17(7-1)25-19-14-13-16(15-22(19)26-18)28-23-11-5-3-9-20(23)27-21-10-4-6-12-24(21)28/h1-15H/q+1. The van der Waals surface area contributed by atoms with E-state index in [1.54, 1.807) is 0 Å². The lowest BCUT2D eigenvalue weighted by Gasteiger charge is -2.21. The lowest BCUT2D eigenvalue weighted by atomic mass is 10.3. The second-order valence-electron chi connectivity index (χ2n) is 6.56. The van der Waals surface area contributed by atoms with Crippen LogP contribution >= 0.6 is 35.3 Å². The Bertz CT molecular complexity index is 1170. The van der Waals surface area contributed by atoms with Crippen LogP contribution in [0.5, 0.6) is 0 Å². The average Bonchev–Trinajstić information content (AvgIpc) is 2.75. The van der Waals surface area contributed by atoms with Gasteiger partial charge in [0.05, 0.1) is 9.79 Å². The van der Waals surface area contributed by atoms with Gasteiger partial charge in [-0.3, -0.25) is 0 Å². The summed E-state index contributed by atoms with van der Waals surface area (Å²) in [5.41, 5.74) is 0. The summed E-state index contributed by atoms with van der Waals surface area (Å²) in [4.78, 5) is 12.5. The summed E-state index contributed by atoms with van der Waals surface area (Å²) in [5.74, 6) is 0. The van der Waals surface area contributed by atoms with Crippen LogP contribution in [0.3, 0.4) is 0 Å². The summed E-state index contributed by atoms with van der Waals surface area (Å²) in [7, 11) is -0.0572. The molecule has 28 heavy (non-hydrogen) atoms. The first kappa shape index (κ1) is 17.2. The molecule has 0 saturated heterocycles. The van der Waals surface area contributed by atoms with E-state index in [0.717, 1.165) is 0 Å². The van der Waals surface area contributed by atoms with Crippen LogP contribution in [0.4, 0.5) is 0 Å². The molecule has 0 radical (unpaired) electrons. The summed E-state index contributed by atoms with van der Waals surface area (Å²) in [5, 5.41) is 0. The van der Waals surface area contributed by atoms with E-state index in [2.05, 4.69) is 91.0 Å². The highest BCUT2D eigenvalue weighted by molar-refractivity contribution is 8.05. The number of hydrogen-bond acceptors (Lipinski definition) is 3. The Kier molecular flexibility index (Phi) is 4.27. The SMILES string of the molecule is c1ccc2c(c1)Sc1ccc([S+]3c4ccccc4Sc4ccccc43)cc1S2. The van der Waals surface area contributed by atoms with Crippen molar-refractivity contribution in [3.8, 4) is 0 Å². The molecule has 0 spiro atoms. The van der Waals surface area contributed by atoms with Gasteiger partial charge >= 0.3 is 0 Å². The molecule has 0 bridgehead atoms. The molecule has 0 fully saturated rings. The van der Waals surface area contributed by atoms with Gasteiger partial charge in [-0.25, -0.2) is 0 Å². The van der Waals surface area contributed by atoms with Crippen molar-refractivity contribution in [3.63, 3.8) is 0 Å². The number of fused-ring (bicyclic) bond motifs is 4. The van der Waals surface area contributed by atoms with Crippen molar-refractivity contribution >= 4 is 46.2 Å². The highest BCUT2D eigenvalue weighted by Crippen LogP contribution is 2.52. The Morgan fingerprint density at radius 1 is 0.429 bits per heavy atom. The molecule has 0 atom stereocenters. The molecular formula is C24H15S4+. The van der Waals surface area contributed by atoms with Crippen LogP contribution in [0.2, 0.25) is 0 Å². The van der Waals surface area contributed by atoms with Gasteiger partial charge in [-0.1, -0.05) is 71.7 Å². The van der Waals surface area contributed by atoms with Crippen LogP contribution in [0, 0.1) is 0 Å². The lowest BCUT2D eigenvalue weighted by molar-refractivity contribution is 1.09. The molecule has 2 aliphatic heterocycles. The van der Waals surface area contributed by atoms with Crippen LogP contribution in [-0.4, -0.2) is 0 Å². The molecule has 0 amide bonds. The molecule has 0 aromatic heterocycles. The van der Waals surface area contributed by atoms with E-state index in [1.165, 1.54) is 44.1 Å². The lowest BCUT2D eigenvalue weighted by Crippen LogP contribution is -2.11. The van der Waals surface area contributed by atoms with Crippen molar-refractivity contribution in [2.75, 3.05) is 0 Å². The van der Waals surface area contributed by atoms with Gasteiger partial charge in [0.1, 0.15) is 10.9 Å². The summed E-state index contributed by atoms with van der Waals surface area (Å²) >= 11 is 5.69. The second kappa shape index (κ2) is 6.96. The minimum Gasteiger partial charge on any atom is -0.0877 e. The van der Waals surface area contributed by atoms with E-state index in [0.29, 0.717) is 0 Å².